The quantitative estimate of drug-likeness (QED) is 0.520. The van der Waals surface area contributed by atoms with Crippen molar-refractivity contribution in [3.8, 4) is 0 Å². The molecule has 0 aromatic heterocycles. The molecule has 3 nitrogen and oxygen atoms in total. The molecule has 3 heteroatoms. The summed E-state index contributed by atoms with van der Waals surface area (Å²) in [6.07, 6.45) is 2.11. The SMILES string of the molecule is CCN1C=C(/C(=N/O)c2ccccc2)c2ccccc2[C@@H]1C. The highest BCUT2D eigenvalue weighted by Gasteiger charge is 2.26. The van der Waals surface area contributed by atoms with Crippen LogP contribution in [0.1, 0.15) is 36.6 Å². The Labute approximate surface area is 131 Å². The van der Waals surface area contributed by atoms with Crippen LogP contribution in [0.2, 0.25) is 0 Å². The van der Waals surface area contributed by atoms with Gasteiger partial charge in [-0.3, -0.25) is 0 Å². The van der Waals surface area contributed by atoms with Crippen molar-refractivity contribution in [3.63, 3.8) is 0 Å². The lowest BCUT2D eigenvalue weighted by molar-refractivity contribution is 0.308. The molecule has 22 heavy (non-hydrogen) atoms. The van der Waals surface area contributed by atoms with E-state index >= 15 is 0 Å². The van der Waals surface area contributed by atoms with Crippen LogP contribution >= 0.6 is 0 Å². The van der Waals surface area contributed by atoms with Crippen molar-refractivity contribution in [1.29, 1.82) is 0 Å². The zero-order valence-corrected chi connectivity index (χ0v) is 12.9. The first-order chi connectivity index (χ1) is 10.8. The molecule has 2 aromatic carbocycles. The fraction of sp³-hybridized carbons (Fsp3) is 0.211. The Kier molecular flexibility index (Phi) is 3.96. The second-order valence-corrected chi connectivity index (χ2v) is 5.45. The van der Waals surface area contributed by atoms with E-state index in [0.29, 0.717) is 11.8 Å². The summed E-state index contributed by atoms with van der Waals surface area (Å²) in [5.74, 6) is 0. The predicted molar refractivity (Wildman–Crippen MR) is 90.0 cm³/mol. The van der Waals surface area contributed by atoms with Crippen LogP contribution in [0.25, 0.3) is 5.57 Å². The minimum absolute atomic E-state index is 0.320. The molecule has 0 spiro atoms. The number of allylic oxidation sites excluding steroid dienone is 1. The highest BCUT2D eigenvalue weighted by atomic mass is 16.4. The Balaban J connectivity index is 2.16. The van der Waals surface area contributed by atoms with Crippen molar-refractivity contribution in [3.05, 3.63) is 77.5 Å². The molecule has 1 aliphatic rings. The van der Waals surface area contributed by atoms with Crippen LogP contribution in [0.4, 0.5) is 0 Å². The Bertz CT molecular complexity index is 719. The summed E-state index contributed by atoms with van der Waals surface area (Å²) >= 11 is 0. The third-order valence-electron chi connectivity index (χ3n) is 4.26. The van der Waals surface area contributed by atoms with Gasteiger partial charge < -0.3 is 10.1 Å². The van der Waals surface area contributed by atoms with Crippen molar-refractivity contribution in [2.24, 2.45) is 5.16 Å². The largest absolute Gasteiger partial charge is 0.410 e. The average molecular weight is 292 g/mol. The maximum Gasteiger partial charge on any atom is 0.119 e. The molecule has 0 bridgehead atoms. The summed E-state index contributed by atoms with van der Waals surface area (Å²) in [5, 5.41) is 13.2. The first-order valence-electron chi connectivity index (χ1n) is 7.61. The molecule has 1 aliphatic heterocycles. The van der Waals surface area contributed by atoms with Crippen LogP contribution in [0.3, 0.4) is 0 Å². The molecule has 112 valence electrons. The molecule has 0 amide bonds. The van der Waals surface area contributed by atoms with Crippen LogP contribution in [-0.4, -0.2) is 22.4 Å². The number of hydrogen-bond donors (Lipinski definition) is 1. The Morgan fingerprint density at radius 3 is 2.45 bits per heavy atom. The van der Waals surface area contributed by atoms with E-state index in [1.54, 1.807) is 0 Å². The molecule has 2 aromatic rings. The van der Waals surface area contributed by atoms with Gasteiger partial charge in [-0.2, -0.15) is 0 Å². The summed E-state index contributed by atoms with van der Waals surface area (Å²) in [5.41, 5.74) is 4.88. The zero-order chi connectivity index (χ0) is 15.5. The molecule has 0 unspecified atom stereocenters. The second-order valence-electron chi connectivity index (χ2n) is 5.45. The summed E-state index contributed by atoms with van der Waals surface area (Å²) in [6.45, 7) is 5.25. The van der Waals surface area contributed by atoms with Gasteiger partial charge in [0.15, 0.2) is 0 Å². The fourth-order valence-electron chi connectivity index (χ4n) is 3.05. The van der Waals surface area contributed by atoms with Crippen LogP contribution in [0.15, 0.2) is 66.0 Å². The average Bonchev–Trinajstić information content (AvgIpc) is 2.58. The van der Waals surface area contributed by atoms with Crippen molar-refractivity contribution in [1.82, 2.24) is 4.90 Å². The smallest absolute Gasteiger partial charge is 0.119 e. The van der Waals surface area contributed by atoms with Gasteiger partial charge in [0, 0.05) is 23.9 Å². The molecular formula is C19H20N2O. The number of nitrogens with zero attached hydrogens (tertiary/aromatic N) is 2. The lowest BCUT2D eigenvalue weighted by Gasteiger charge is -2.34. The molecule has 0 fully saturated rings. The van der Waals surface area contributed by atoms with Crippen molar-refractivity contribution in [2.75, 3.05) is 6.54 Å². The number of benzene rings is 2. The maximum atomic E-state index is 9.61. The summed E-state index contributed by atoms with van der Waals surface area (Å²) in [6, 6.07) is 18.5. The second kappa shape index (κ2) is 6.06. The van der Waals surface area contributed by atoms with Gasteiger partial charge in [-0.05, 0) is 25.0 Å². The molecule has 1 heterocycles. The summed E-state index contributed by atoms with van der Waals surface area (Å²) < 4.78 is 0. The van der Waals surface area contributed by atoms with Gasteiger partial charge in [-0.15, -0.1) is 0 Å². The zero-order valence-electron chi connectivity index (χ0n) is 12.9. The molecule has 0 saturated heterocycles. The van der Waals surface area contributed by atoms with Gasteiger partial charge in [0.05, 0.1) is 6.04 Å². The number of oxime groups is 1. The molecule has 3 rings (SSSR count). The third-order valence-corrected chi connectivity index (χ3v) is 4.26. The van der Waals surface area contributed by atoms with Crippen LogP contribution in [0.5, 0.6) is 0 Å². The van der Waals surface area contributed by atoms with Gasteiger partial charge in [0.1, 0.15) is 5.71 Å². The van der Waals surface area contributed by atoms with Gasteiger partial charge in [-0.25, -0.2) is 0 Å². The van der Waals surface area contributed by atoms with Gasteiger partial charge in [-0.1, -0.05) is 59.8 Å². The van der Waals surface area contributed by atoms with E-state index in [4.69, 9.17) is 0 Å². The number of hydrogen-bond acceptors (Lipinski definition) is 3. The highest BCUT2D eigenvalue weighted by Crippen LogP contribution is 2.36. The lowest BCUT2D eigenvalue weighted by atomic mass is 9.87. The van der Waals surface area contributed by atoms with Crippen molar-refractivity contribution in [2.45, 2.75) is 19.9 Å². The van der Waals surface area contributed by atoms with Crippen LogP contribution < -0.4 is 0 Å². The van der Waals surface area contributed by atoms with E-state index in [1.165, 1.54) is 5.56 Å². The molecule has 1 N–H and O–H groups in total. The first-order valence-corrected chi connectivity index (χ1v) is 7.61. The number of fused-ring (bicyclic) bond motifs is 1. The standard InChI is InChI=1S/C19H20N2O/c1-3-21-13-18(17-12-8-7-11-16(17)14(21)2)19(20-22)15-9-5-4-6-10-15/h4-14,22H,3H2,1-2H3/b20-19+/t14-/m0/s1. The number of rotatable bonds is 3. The van der Waals surface area contributed by atoms with E-state index in [-0.39, 0.29) is 0 Å². The van der Waals surface area contributed by atoms with E-state index < -0.39 is 0 Å². The molecule has 0 radical (unpaired) electrons. The lowest BCUT2D eigenvalue weighted by Crippen LogP contribution is -2.27. The third kappa shape index (κ3) is 2.39. The van der Waals surface area contributed by atoms with Crippen LogP contribution in [0, 0.1) is 0 Å². The summed E-state index contributed by atoms with van der Waals surface area (Å²) in [7, 11) is 0. The predicted octanol–water partition coefficient (Wildman–Crippen LogP) is 4.30. The van der Waals surface area contributed by atoms with E-state index in [2.05, 4.69) is 48.3 Å². The van der Waals surface area contributed by atoms with Gasteiger partial charge in [0.2, 0.25) is 0 Å². The van der Waals surface area contributed by atoms with Crippen molar-refractivity contribution < 1.29 is 5.21 Å². The van der Waals surface area contributed by atoms with Crippen molar-refractivity contribution >= 4 is 11.3 Å². The normalized spacial score (nSPS) is 17.9. The fourth-order valence-corrected chi connectivity index (χ4v) is 3.05. The molecular weight excluding hydrogens is 272 g/mol. The Hall–Kier alpha value is -2.55. The van der Waals surface area contributed by atoms with Gasteiger partial charge >= 0.3 is 0 Å². The Morgan fingerprint density at radius 2 is 1.77 bits per heavy atom. The monoisotopic (exact) mass is 292 g/mol. The van der Waals surface area contributed by atoms with E-state index in [9.17, 15) is 5.21 Å². The highest BCUT2D eigenvalue weighted by molar-refractivity contribution is 6.32. The molecule has 0 aliphatic carbocycles. The van der Waals surface area contributed by atoms with Crippen LogP contribution in [-0.2, 0) is 0 Å². The summed E-state index contributed by atoms with van der Waals surface area (Å²) in [4.78, 5) is 2.27. The van der Waals surface area contributed by atoms with E-state index in [1.807, 2.05) is 36.4 Å². The topological polar surface area (TPSA) is 35.8 Å². The van der Waals surface area contributed by atoms with E-state index in [0.717, 1.165) is 23.2 Å². The first kappa shape index (κ1) is 14.4. The minimum atomic E-state index is 0.320. The Morgan fingerprint density at radius 1 is 1.09 bits per heavy atom. The minimum Gasteiger partial charge on any atom is -0.410 e. The maximum absolute atomic E-state index is 9.61. The van der Waals surface area contributed by atoms with Gasteiger partial charge in [0.25, 0.3) is 0 Å². The molecule has 0 saturated carbocycles. The molecule has 1 atom stereocenters.